The van der Waals surface area contributed by atoms with Gasteiger partial charge in [-0.1, -0.05) is 18.2 Å². The van der Waals surface area contributed by atoms with Crippen LogP contribution in [0.4, 0.5) is 0 Å². The van der Waals surface area contributed by atoms with E-state index in [1.807, 2.05) is 30.3 Å². The molecule has 0 bridgehead atoms. The number of carbonyl (C=O) groups is 2. The average molecular weight is 300 g/mol. The third kappa shape index (κ3) is 1.69. The van der Waals surface area contributed by atoms with Crippen LogP contribution in [-0.4, -0.2) is 53.3 Å². The standard InChI is InChI=1S/C15H12N2O5/c18-6-9-7-21-15(20)11(9)17-13(19)10-14(17)22-12(16-10)8-4-2-1-3-5-8/h1-5,10,14,18H,6-7H2. The van der Waals surface area contributed by atoms with Crippen LogP contribution >= 0.6 is 0 Å². The number of fused-ring (bicyclic) bond motifs is 1. The first-order chi connectivity index (χ1) is 10.7. The van der Waals surface area contributed by atoms with Gasteiger partial charge in [0.15, 0.2) is 6.04 Å². The summed E-state index contributed by atoms with van der Waals surface area (Å²) in [5.41, 5.74) is 1.24. The maximum atomic E-state index is 12.2. The zero-order chi connectivity index (χ0) is 15.3. The molecule has 0 saturated carbocycles. The van der Waals surface area contributed by atoms with Gasteiger partial charge >= 0.3 is 5.97 Å². The van der Waals surface area contributed by atoms with Crippen LogP contribution in [0.1, 0.15) is 5.56 Å². The van der Waals surface area contributed by atoms with E-state index in [0.717, 1.165) is 5.56 Å². The summed E-state index contributed by atoms with van der Waals surface area (Å²) in [7, 11) is 0. The molecule has 0 radical (unpaired) electrons. The smallest absolute Gasteiger partial charge is 0.355 e. The number of likely N-dealkylation sites (tertiary alicyclic amines) is 1. The highest BCUT2D eigenvalue weighted by atomic mass is 16.5. The molecule has 7 nitrogen and oxygen atoms in total. The molecule has 7 heteroatoms. The molecule has 3 aliphatic heterocycles. The highest BCUT2D eigenvalue weighted by molar-refractivity contribution is 6.06. The zero-order valence-electron chi connectivity index (χ0n) is 11.4. The van der Waals surface area contributed by atoms with Crippen LogP contribution in [0.3, 0.4) is 0 Å². The van der Waals surface area contributed by atoms with Gasteiger partial charge in [0, 0.05) is 11.1 Å². The molecule has 1 aromatic rings. The third-order valence-corrected chi connectivity index (χ3v) is 3.86. The summed E-state index contributed by atoms with van der Waals surface area (Å²) >= 11 is 0. The number of aliphatic imine (C=N–C) groups is 1. The van der Waals surface area contributed by atoms with Crippen LogP contribution in [-0.2, 0) is 19.1 Å². The maximum absolute atomic E-state index is 12.2. The summed E-state index contributed by atoms with van der Waals surface area (Å²) in [6.45, 7) is -0.340. The fourth-order valence-electron chi connectivity index (χ4n) is 2.74. The molecule has 112 valence electrons. The number of hydrogen-bond donors (Lipinski definition) is 1. The predicted octanol–water partition coefficient (Wildman–Crippen LogP) is -0.197. The Morgan fingerprint density at radius 2 is 2.05 bits per heavy atom. The van der Waals surface area contributed by atoms with Gasteiger partial charge in [0.25, 0.3) is 5.91 Å². The maximum Gasteiger partial charge on any atom is 0.355 e. The second kappa shape index (κ2) is 4.67. The van der Waals surface area contributed by atoms with Crippen LogP contribution in [0.5, 0.6) is 0 Å². The van der Waals surface area contributed by atoms with Crippen molar-refractivity contribution in [1.29, 1.82) is 0 Å². The van der Waals surface area contributed by atoms with Crippen molar-refractivity contribution < 1.29 is 24.2 Å². The molecule has 1 aromatic carbocycles. The molecule has 0 spiro atoms. The summed E-state index contributed by atoms with van der Waals surface area (Å²) in [5.74, 6) is -0.563. The number of ether oxygens (including phenoxy) is 2. The SMILES string of the molecule is O=C1OCC(CO)=C1N1C(=O)C2N=C(c3ccccc3)OC21. The number of β-lactam (4-membered cyclic amide) rings is 1. The van der Waals surface area contributed by atoms with Gasteiger partial charge < -0.3 is 14.6 Å². The minimum Gasteiger partial charge on any atom is -0.456 e. The second-order valence-corrected chi connectivity index (χ2v) is 5.15. The van der Waals surface area contributed by atoms with Crippen molar-refractivity contribution in [3.8, 4) is 0 Å². The Morgan fingerprint density at radius 1 is 1.27 bits per heavy atom. The van der Waals surface area contributed by atoms with E-state index >= 15 is 0 Å². The van der Waals surface area contributed by atoms with E-state index in [4.69, 9.17) is 9.47 Å². The lowest BCUT2D eigenvalue weighted by atomic mass is 10.0. The van der Waals surface area contributed by atoms with Gasteiger partial charge in [0.1, 0.15) is 12.3 Å². The van der Waals surface area contributed by atoms with E-state index in [9.17, 15) is 14.7 Å². The minimum absolute atomic E-state index is 0.00175. The Morgan fingerprint density at radius 3 is 2.77 bits per heavy atom. The average Bonchev–Trinajstić information content (AvgIpc) is 3.11. The van der Waals surface area contributed by atoms with Crippen molar-refractivity contribution >= 4 is 17.8 Å². The number of carbonyl (C=O) groups excluding carboxylic acids is 2. The lowest BCUT2D eigenvalue weighted by Crippen LogP contribution is -2.62. The number of aliphatic hydroxyl groups is 1. The first kappa shape index (κ1) is 13.0. The molecule has 1 N–H and O–H groups in total. The Kier molecular flexibility index (Phi) is 2.77. The van der Waals surface area contributed by atoms with Crippen LogP contribution in [0.15, 0.2) is 46.6 Å². The Balaban J connectivity index is 1.62. The van der Waals surface area contributed by atoms with Crippen molar-refractivity contribution in [1.82, 2.24) is 4.90 Å². The van der Waals surface area contributed by atoms with Crippen molar-refractivity contribution in [3.63, 3.8) is 0 Å². The normalized spacial score (nSPS) is 26.4. The van der Waals surface area contributed by atoms with E-state index in [1.165, 1.54) is 4.90 Å². The Bertz CT molecular complexity index is 725. The van der Waals surface area contributed by atoms with E-state index in [1.54, 1.807) is 0 Å². The monoisotopic (exact) mass is 300 g/mol. The molecule has 0 aliphatic carbocycles. The molecule has 1 amide bonds. The van der Waals surface area contributed by atoms with Crippen molar-refractivity contribution in [2.75, 3.05) is 13.2 Å². The number of amides is 1. The molecule has 22 heavy (non-hydrogen) atoms. The first-order valence-corrected chi connectivity index (χ1v) is 6.83. The van der Waals surface area contributed by atoms with Crippen molar-refractivity contribution in [2.24, 2.45) is 4.99 Å². The van der Waals surface area contributed by atoms with Gasteiger partial charge in [-0.05, 0) is 12.1 Å². The van der Waals surface area contributed by atoms with Crippen LogP contribution in [0, 0.1) is 0 Å². The highest BCUT2D eigenvalue weighted by Gasteiger charge is 2.57. The number of benzene rings is 1. The Labute approximate surface area is 125 Å². The minimum atomic E-state index is -0.648. The molecule has 3 aliphatic rings. The quantitative estimate of drug-likeness (QED) is 0.617. The number of nitrogens with zero attached hydrogens (tertiary/aromatic N) is 2. The van der Waals surface area contributed by atoms with E-state index in [-0.39, 0.29) is 24.8 Å². The van der Waals surface area contributed by atoms with E-state index in [2.05, 4.69) is 4.99 Å². The molecule has 1 saturated heterocycles. The lowest BCUT2D eigenvalue weighted by Gasteiger charge is -2.39. The summed E-state index contributed by atoms with van der Waals surface area (Å²) < 4.78 is 10.6. The molecule has 2 unspecified atom stereocenters. The fourth-order valence-corrected chi connectivity index (χ4v) is 2.74. The number of rotatable bonds is 3. The van der Waals surface area contributed by atoms with Gasteiger partial charge in [-0.2, -0.15) is 0 Å². The number of esters is 1. The van der Waals surface area contributed by atoms with Gasteiger partial charge in [-0.15, -0.1) is 0 Å². The molecular formula is C15H12N2O5. The van der Waals surface area contributed by atoms with Gasteiger partial charge in [-0.3, -0.25) is 9.69 Å². The van der Waals surface area contributed by atoms with Crippen molar-refractivity contribution in [2.45, 2.75) is 12.3 Å². The largest absolute Gasteiger partial charge is 0.456 e. The van der Waals surface area contributed by atoms with Gasteiger partial charge in [0.05, 0.1) is 6.61 Å². The van der Waals surface area contributed by atoms with E-state index in [0.29, 0.717) is 11.5 Å². The molecular weight excluding hydrogens is 288 g/mol. The lowest BCUT2D eigenvalue weighted by molar-refractivity contribution is -0.161. The zero-order valence-corrected chi connectivity index (χ0v) is 11.4. The van der Waals surface area contributed by atoms with E-state index < -0.39 is 18.2 Å². The second-order valence-electron chi connectivity index (χ2n) is 5.15. The van der Waals surface area contributed by atoms with Crippen molar-refractivity contribution in [3.05, 3.63) is 47.2 Å². The molecule has 0 aromatic heterocycles. The third-order valence-electron chi connectivity index (χ3n) is 3.86. The first-order valence-electron chi connectivity index (χ1n) is 6.83. The number of aliphatic hydroxyl groups excluding tert-OH is 1. The van der Waals surface area contributed by atoms with Crippen LogP contribution in [0.2, 0.25) is 0 Å². The predicted molar refractivity (Wildman–Crippen MR) is 73.6 cm³/mol. The van der Waals surface area contributed by atoms with Gasteiger partial charge in [-0.25, -0.2) is 9.79 Å². The highest BCUT2D eigenvalue weighted by Crippen LogP contribution is 2.37. The molecule has 4 rings (SSSR count). The summed E-state index contributed by atoms with van der Waals surface area (Å²) in [5, 5.41) is 9.28. The van der Waals surface area contributed by atoms with Gasteiger partial charge in [0.2, 0.25) is 12.1 Å². The molecule has 2 atom stereocenters. The molecule has 3 heterocycles. The topological polar surface area (TPSA) is 88.4 Å². The molecule has 1 fully saturated rings. The number of cyclic esters (lactones) is 1. The Hall–Kier alpha value is -2.67. The fraction of sp³-hybridized carbons (Fsp3) is 0.267. The van der Waals surface area contributed by atoms with Crippen LogP contribution in [0.25, 0.3) is 0 Å². The summed E-state index contributed by atoms with van der Waals surface area (Å²) in [6, 6.07) is 8.60. The number of hydrogen-bond acceptors (Lipinski definition) is 6. The summed E-state index contributed by atoms with van der Waals surface area (Å²) in [4.78, 5) is 29.5. The summed E-state index contributed by atoms with van der Waals surface area (Å²) in [6.07, 6.45) is -0.648. The van der Waals surface area contributed by atoms with Crippen LogP contribution < -0.4 is 0 Å².